The molecule has 0 amide bonds. The summed E-state index contributed by atoms with van der Waals surface area (Å²) in [7, 11) is 1.65. The molecule has 3 N–H and O–H groups in total. The molecule has 0 aliphatic heterocycles. The molecule has 4 aliphatic carbocycles. The van der Waals surface area contributed by atoms with Gasteiger partial charge in [0.2, 0.25) is 0 Å². The summed E-state index contributed by atoms with van der Waals surface area (Å²) in [6.45, 7) is 4.56. The van der Waals surface area contributed by atoms with Gasteiger partial charge in [0.15, 0.2) is 5.79 Å². The second-order valence-electron chi connectivity index (χ2n) is 8.40. The lowest BCUT2D eigenvalue weighted by molar-refractivity contribution is -0.260. The van der Waals surface area contributed by atoms with Crippen LogP contribution in [-0.2, 0) is 4.74 Å². The summed E-state index contributed by atoms with van der Waals surface area (Å²) in [5, 5.41) is 14.8. The predicted octanol–water partition coefficient (Wildman–Crippen LogP) is 3.15. The van der Waals surface area contributed by atoms with Crippen LogP contribution in [0.15, 0.2) is 41.1 Å². The van der Waals surface area contributed by atoms with Crippen LogP contribution >= 0.6 is 0 Å². The SMILES string of the molecule is CO[C@]1(O)CC[C@H]2[C@@H]3C=CC4=C/C(=N/N)C=C[C@]4(C)[C@H]3CC[C@@]21C. The standard InChI is InChI=1S/C20H28N2O2/c1-18-9-6-14(22-21)12-13(18)4-5-15-16(18)7-10-19(2)17(15)8-11-20(19,23)24-3/h4-6,9,12,15-17,23H,7-8,10-11,21H2,1-3H3/b22-14+/t15-,16+,17+,18+,19+,20-/m1/s1. The highest BCUT2D eigenvalue weighted by Gasteiger charge is 2.63. The van der Waals surface area contributed by atoms with Gasteiger partial charge >= 0.3 is 0 Å². The van der Waals surface area contributed by atoms with Crippen molar-refractivity contribution in [3.05, 3.63) is 36.0 Å². The summed E-state index contributed by atoms with van der Waals surface area (Å²) in [6.07, 6.45) is 14.9. The minimum absolute atomic E-state index is 0.0305. The van der Waals surface area contributed by atoms with Crippen LogP contribution in [0, 0.1) is 28.6 Å². The highest BCUT2D eigenvalue weighted by Crippen LogP contribution is 2.65. The summed E-state index contributed by atoms with van der Waals surface area (Å²) in [5.74, 6) is 5.99. The molecule has 0 radical (unpaired) electrons. The second-order valence-corrected chi connectivity index (χ2v) is 8.40. The van der Waals surface area contributed by atoms with Gasteiger partial charge in [-0.05, 0) is 54.7 Å². The van der Waals surface area contributed by atoms with Gasteiger partial charge in [0.1, 0.15) is 0 Å². The van der Waals surface area contributed by atoms with Crippen molar-refractivity contribution in [1.82, 2.24) is 0 Å². The molecule has 0 aromatic heterocycles. The summed E-state index contributed by atoms with van der Waals surface area (Å²) >= 11 is 0. The molecular weight excluding hydrogens is 300 g/mol. The molecule has 0 aromatic carbocycles. The summed E-state index contributed by atoms with van der Waals surface area (Å²) in [5.41, 5.74) is 2.01. The molecule has 0 heterocycles. The first kappa shape index (κ1) is 16.1. The average Bonchev–Trinajstić information content (AvgIpc) is 2.86. The van der Waals surface area contributed by atoms with E-state index >= 15 is 0 Å². The Kier molecular flexibility index (Phi) is 3.39. The maximum Gasteiger partial charge on any atom is 0.170 e. The maximum absolute atomic E-state index is 11.0. The fraction of sp³-hybridized carbons (Fsp3) is 0.650. The first-order valence-corrected chi connectivity index (χ1v) is 9.03. The number of methoxy groups -OCH3 is 1. The van der Waals surface area contributed by atoms with Crippen molar-refractivity contribution < 1.29 is 9.84 Å². The number of fused-ring (bicyclic) bond motifs is 5. The third-order valence-electron chi connectivity index (χ3n) is 7.69. The van der Waals surface area contributed by atoms with Crippen LogP contribution < -0.4 is 5.84 Å². The number of hydrogen-bond donors (Lipinski definition) is 2. The van der Waals surface area contributed by atoms with Gasteiger partial charge in [-0.1, -0.05) is 32.1 Å². The van der Waals surface area contributed by atoms with Crippen molar-refractivity contribution in [2.45, 2.75) is 45.3 Å². The Labute approximate surface area is 144 Å². The van der Waals surface area contributed by atoms with Crippen molar-refractivity contribution in [1.29, 1.82) is 0 Å². The lowest BCUT2D eigenvalue weighted by Crippen LogP contribution is -2.54. The van der Waals surface area contributed by atoms with Crippen molar-refractivity contribution in [3.63, 3.8) is 0 Å². The first-order chi connectivity index (χ1) is 11.4. The monoisotopic (exact) mass is 328 g/mol. The smallest absolute Gasteiger partial charge is 0.170 e. The van der Waals surface area contributed by atoms with E-state index in [1.807, 2.05) is 6.08 Å². The zero-order chi connectivity index (χ0) is 17.2. The average molecular weight is 328 g/mol. The van der Waals surface area contributed by atoms with Crippen molar-refractivity contribution >= 4 is 5.71 Å². The number of rotatable bonds is 1. The third kappa shape index (κ3) is 1.84. The molecular formula is C20H28N2O2. The van der Waals surface area contributed by atoms with Crippen LogP contribution in [-0.4, -0.2) is 23.7 Å². The van der Waals surface area contributed by atoms with E-state index in [1.165, 1.54) is 5.57 Å². The second kappa shape index (κ2) is 5.06. The lowest BCUT2D eigenvalue weighted by Gasteiger charge is -2.55. The van der Waals surface area contributed by atoms with E-state index < -0.39 is 5.79 Å². The molecule has 0 spiro atoms. The molecule has 0 unspecified atom stereocenters. The summed E-state index contributed by atoms with van der Waals surface area (Å²) in [4.78, 5) is 0. The van der Waals surface area contributed by atoms with Gasteiger partial charge in [0.05, 0.1) is 5.71 Å². The largest absolute Gasteiger partial charge is 0.365 e. The zero-order valence-corrected chi connectivity index (χ0v) is 14.8. The number of aliphatic hydroxyl groups is 1. The first-order valence-electron chi connectivity index (χ1n) is 9.03. The number of nitrogens with zero attached hydrogens (tertiary/aromatic N) is 1. The topological polar surface area (TPSA) is 67.8 Å². The molecule has 4 heteroatoms. The molecule has 4 rings (SSSR count). The molecule has 0 bridgehead atoms. The molecule has 130 valence electrons. The Morgan fingerprint density at radius 2 is 1.96 bits per heavy atom. The van der Waals surface area contributed by atoms with Gasteiger partial charge in [-0.15, -0.1) is 0 Å². The Bertz CT molecular complexity index is 679. The molecule has 2 saturated carbocycles. The van der Waals surface area contributed by atoms with E-state index in [-0.39, 0.29) is 10.8 Å². The van der Waals surface area contributed by atoms with Crippen LogP contribution in [0.1, 0.15) is 39.5 Å². The Morgan fingerprint density at radius 3 is 2.67 bits per heavy atom. The molecule has 0 saturated heterocycles. The fourth-order valence-electron chi connectivity index (χ4n) is 6.05. The van der Waals surface area contributed by atoms with E-state index in [4.69, 9.17) is 10.6 Å². The van der Waals surface area contributed by atoms with E-state index in [0.29, 0.717) is 17.8 Å². The van der Waals surface area contributed by atoms with E-state index in [1.54, 1.807) is 7.11 Å². The van der Waals surface area contributed by atoms with E-state index in [2.05, 4.69) is 43.3 Å². The number of nitrogens with two attached hydrogens (primary N) is 1. The molecule has 4 aliphatic rings. The van der Waals surface area contributed by atoms with E-state index in [0.717, 1.165) is 31.4 Å². The molecule has 2 fully saturated rings. The Balaban J connectivity index is 1.74. The highest BCUT2D eigenvalue weighted by molar-refractivity contribution is 6.06. The third-order valence-corrected chi connectivity index (χ3v) is 7.69. The summed E-state index contributed by atoms with van der Waals surface area (Å²) in [6, 6.07) is 0. The normalized spacial score (nSPS) is 51.1. The molecule has 24 heavy (non-hydrogen) atoms. The van der Waals surface area contributed by atoms with Gasteiger partial charge in [-0.2, -0.15) is 5.10 Å². The van der Waals surface area contributed by atoms with Crippen molar-refractivity contribution in [3.8, 4) is 0 Å². The van der Waals surface area contributed by atoms with Crippen LogP contribution in [0.2, 0.25) is 0 Å². The number of allylic oxidation sites excluding steroid dienone is 6. The Hall–Kier alpha value is -1.39. The quantitative estimate of drug-likeness (QED) is 0.441. The lowest BCUT2D eigenvalue weighted by atomic mass is 9.50. The predicted molar refractivity (Wildman–Crippen MR) is 95.1 cm³/mol. The van der Waals surface area contributed by atoms with Crippen LogP contribution in [0.4, 0.5) is 0 Å². The van der Waals surface area contributed by atoms with Gasteiger partial charge in [-0.25, -0.2) is 0 Å². The van der Waals surface area contributed by atoms with Gasteiger partial charge in [0, 0.05) is 24.4 Å². The zero-order valence-electron chi connectivity index (χ0n) is 14.8. The Morgan fingerprint density at radius 1 is 1.21 bits per heavy atom. The highest BCUT2D eigenvalue weighted by atomic mass is 16.6. The van der Waals surface area contributed by atoms with Gasteiger partial charge < -0.3 is 15.7 Å². The molecule has 4 nitrogen and oxygen atoms in total. The van der Waals surface area contributed by atoms with Crippen LogP contribution in [0.5, 0.6) is 0 Å². The van der Waals surface area contributed by atoms with Crippen LogP contribution in [0.3, 0.4) is 0 Å². The van der Waals surface area contributed by atoms with Gasteiger partial charge in [0.25, 0.3) is 0 Å². The maximum atomic E-state index is 11.0. The molecule has 6 atom stereocenters. The van der Waals surface area contributed by atoms with Crippen LogP contribution in [0.25, 0.3) is 0 Å². The minimum Gasteiger partial charge on any atom is -0.365 e. The number of hydrazone groups is 1. The van der Waals surface area contributed by atoms with Crippen molar-refractivity contribution in [2.24, 2.45) is 39.5 Å². The van der Waals surface area contributed by atoms with Gasteiger partial charge in [-0.3, -0.25) is 0 Å². The number of ether oxygens (including phenoxy) is 1. The fourth-order valence-corrected chi connectivity index (χ4v) is 6.05. The van der Waals surface area contributed by atoms with Crippen molar-refractivity contribution in [2.75, 3.05) is 7.11 Å². The van der Waals surface area contributed by atoms with E-state index in [9.17, 15) is 5.11 Å². The summed E-state index contributed by atoms with van der Waals surface area (Å²) < 4.78 is 5.59. The number of hydrogen-bond acceptors (Lipinski definition) is 4. The molecule has 0 aromatic rings. The minimum atomic E-state index is -0.977.